The van der Waals surface area contributed by atoms with Crippen LogP contribution in [0.15, 0.2) is 77.7 Å². The molecular formula is C29H33ClFN3O4S. The summed E-state index contributed by atoms with van der Waals surface area (Å²) < 4.78 is 42.2. The van der Waals surface area contributed by atoms with Crippen molar-refractivity contribution < 1.29 is 22.4 Å². The number of sulfonamides is 1. The number of anilines is 1. The summed E-state index contributed by atoms with van der Waals surface area (Å²) in [6.45, 7) is 5.48. The van der Waals surface area contributed by atoms with E-state index in [1.807, 2.05) is 38.1 Å². The van der Waals surface area contributed by atoms with Crippen LogP contribution in [0.5, 0.6) is 0 Å². The molecule has 0 bridgehead atoms. The maximum Gasteiger partial charge on any atom is 0.264 e. The second kappa shape index (κ2) is 13.6. The van der Waals surface area contributed by atoms with E-state index in [1.54, 1.807) is 25.1 Å². The van der Waals surface area contributed by atoms with Crippen LogP contribution >= 0.6 is 11.6 Å². The Bertz CT molecular complexity index is 1390. The van der Waals surface area contributed by atoms with Crippen molar-refractivity contribution in [1.82, 2.24) is 10.2 Å². The Morgan fingerprint density at radius 3 is 2.31 bits per heavy atom. The standard InChI is InChI=1S/C29H33ClFN3O4S/c1-4-5-17-32-29(36)22(3)33(19-23-13-11-21(2)12-14-23)28(35)20-34(24-15-16-27(31)26(30)18-24)39(37,38)25-9-7-6-8-10-25/h6-16,18,22H,4-5,17,19-20H2,1-3H3,(H,32,36)/t22-/m1/s1. The van der Waals surface area contributed by atoms with E-state index < -0.39 is 34.3 Å². The Kier molecular flexibility index (Phi) is 10.5. The minimum Gasteiger partial charge on any atom is -0.354 e. The lowest BCUT2D eigenvalue weighted by atomic mass is 10.1. The summed E-state index contributed by atoms with van der Waals surface area (Å²) in [6, 6.07) is 17.7. The van der Waals surface area contributed by atoms with Crippen molar-refractivity contribution >= 4 is 39.1 Å². The van der Waals surface area contributed by atoms with Crippen LogP contribution in [-0.4, -0.2) is 44.3 Å². The fourth-order valence-electron chi connectivity index (χ4n) is 3.90. The van der Waals surface area contributed by atoms with Gasteiger partial charge in [0.25, 0.3) is 10.0 Å². The highest BCUT2D eigenvalue weighted by Gasteiger charge is 2.32. The van der Waals surface area contributed by atoms with Crippen LogP contribution in [-0.2, 0) is 26.2 Å². The molecule has 1 N–H and O–H groups in total. The molecule has 7 nitrogen and oxygen atoms in total. The number of amides is 2. The molecule has 208 valence electrons. The summed E-state index contributed by atoms with van der Waals surface area (Å²) in [5.41, 5.74) is 1.84. The molecule has 1 atom stereocenters. The number of aryl methyl sites for hydroxylation is 1. The molecule has 3 rings (SSSR count). The lowest BCUT2D eigenvalue weighted by molar-refractivity contribution is -0.139. The van der Waals surface area contributed by atoms with Gasteiger partial charge in [-0.25, -0.2) is 12.8 Å². The SMILES string of the molecule is CCCCNC(=O)[C@@H](C)N(Cc1ccc(C)cc1)C(=O)CN(c1ccc(F)c(Cl)c1)S(=O)(=O)c1ccccc1. The van der Waals surface area contributed by atoms with Gasteiger partial charge in [0.1, 0.15) is 18.4 Å². The quantitative estimate of drug-likeness (QED) is 0.297. The lowest BCUT2D eigenvalue weighted by Gasteiger charge is -2.32. The number of halogens is 2. The summed E-state index contributed by atoms with van der Waals surface area (Å²) in [7, 11) is -4.25. The largest absolute Gasteiger partial charge is 0.354 e. The van der Waals surface area contributed by atoms with Crippen LogP contribution in [0.4, 0.5) is 10.1 Å². The summed E-state index contributed by atoms with van der Waals surface area (Å²) in [4.78, 5) is 28.1. The van der Waals surface area contributed by atoms with Gasteiger partial charge in [0, 0.05) is 13.1 Å². The summed E-state index contributed by atoms with van der Waals surface area (Å²) in [5.74, 6) is -1.66. The highest BCUT2D eigenvalue weighted by Crippen LogP contribution is 2.28. The van der Waals surface area contributed by atoms with Crippen LogP contribution in [0, 0.1) is 12.7 Å². The number of unbranched alkanes of at least 4 members (excludes halogenated alkanes) is 1. The summed E-state index contributed by atoms with van der Waals surface area (Å²) in [6.07, 6.45) is 1.69. The van der Waals surface area contributed by atoms with Crippen molar-refractivity contribution in [3.05, 3.63) is 94.8 Å². The van der Waals surface area contributed by atoms with Gasteiger partial charge in [0.15, 0.2) is 0 Å². The summed E-state index contributed by atoms with van der Waals surface area (Å²) in [5, 5.41) is 2.56. The number of nitrogens with zero attached hydrogens (tertiary/aromatic N) is 2. The molecule has 0 aliphatic heterocycles. The molecule has 0 aromatic heterocycles. The molecule has 0 aliphatic carbocycles. The zero-order chi connectivity index (χ0) is 28.6. The normalized spacial score (nSPS) is 12.0. The Hall–Kier alpha value is -3.43. The fraction of sp³-hybridized carbons (Fsp3) is 0.310. The number of hydrogen-bond acceptors (Lipinski definition) is 4. The van der Waals surface area contributed by atoms with Gasteiger partial charge in [0.2, 0.25) is 11.8 Å². The van der Waals surface area contributed by atoms with Gasteiger partial charge < -0.3 is 10.2 Å². The van der Waals surface area contributed by atoms with Crippen LogP contribution in [0.3, 0.4) is 0 Å². The van der Waals surface area contributed by atoms with E-state index in [0.717, 1.165) is 40.4 Å². The third-order valence-electron chi connectivity index (χ3n) is 6.27. The Morgan fingerprint density at radius 2 is 1.69 bits per heavy atom. The fourth-order valence-corrected chi connectivity index (χ4v) is 5.50. The van der Waals surface area contributed by atoms with E-state index in [9.17, 15) is 22.4 Å². The Labute approximate surface area is 234 Å². The molecule has 0 radical (unpaired) electrons. The molecule has 0 heterocycles. The first-order valence-electron chi connectivity index (χ1n) is 12.7. The molecule has 10 heteroatoms. The zero-order valence-corrected chi connectivity index (χ0v) is 23.8. The zero-order valence-electron chi connectivity index (χ0n) is 22.2. The van der Waals surface area contributed by atoms with Gasteiger partial charge in [-0.1, -0.05) is 73.0 Å². The molecule has 0 saturated carbocycles. The van der Waals surface area contributed by atoms with Crippen molar-refractivity contribution in [2.75, 3.05) is 17.4 Å². The van der Waals surface area contributed by atoms with Crippen molar-refractivity contribution in [2.24, 2.45) is 0 Å². The van der Waals surface area contributed by atoms with E-state index in [2.05, 4.69) is 5.32 Å². The Morgan fingerprint density at radius 1 is 1.03 bits per heavy atom. The first-order chi connectivity index (χ1) is 18.5. The number of rotatable bonds is 12. The number of carbonyl (C=O) groups is 2. The van der Waals surface area contributed by atoms with Gasteiger partial charge >= 0.3 is 0 Å². The molecule has 0 saturated heterocycles. The van der Waals surface area contributed by atoms with Crippen molar-refractivity contribution in [3.8, 4) is 0 Å². The predicted octanol–water partition coefficient (Wildman–Crippen LogP) is 5.32. The molecular weight excluding hydrogens is 541 g/mol. The maximum atomic E-state index is 13.9. The average molecular weight is 574 g/mol. The van der Waals surface area contributed by atoms with Gasteiger partial charge in [-0.05, 0) is 56.2 Å². The van der Waals surface area contributed by atoms with E-state index in [0.29, 0.717) is 6.54 Å². The highest BCUT2D eigenvalue weighted by atomic mass is 35.5. The molecule has 0 fully saturated rings. The van der Waals surface area contributed by atoms with Gasteiger partial charge in [-0.3, -0.25) is 13.9 Å². The number of hydrogen-bond donors (Lipinski definition) is 1. The van der Waals surface area contributed by atoms with Crippen LogP contribution in [0.25, 0.3) is 0 Å². The summed E-state index contributed by atoms with van der Waals surface area (Å²) >= 11 is 5.98. The lowest BCUT2D eigenvalue weighted by Crippen LogP contribution is -2.51. The first kappa shape index (κ1) is 30.1. The minimum absolute atomic E-state index is 0.0222. The monoisotopic (exact) mass is 573 g/mol. The molecule has 0 unspecified atom stereocenters. The van der Waals surface area contributed by atoms with Crippen molar-refractivity contribution in [1.29, 1.82) is 0 Å². The molecule has 3 aromatic rings. The molecule has 3 aromatic carbocycles. The second-order valence-corrected chi connectivity index (χ2v) is 11.5. The highest BCUT2D eigenvalue weighted by molar-refractivity contribution is 7.92. The van der Waals surface area contributed by atoms with Crippen LogP contribution in [0.1, 0.15) is 37.8 Å². The third-order valence-corrected chi connectivity index (χ3v) is 8.35. The number of carbonyl (C=O) groups excluding carboxylic acids is 2. The van der Waals surface area contributed by atoms with Gasteiger partial charge in [0.05, 0.1) is 15.6 Å². The van der Waals surface area contributed by atoms with Gasteiger partial charge in [-0.2, -0.15) is 0 Å². The predicted molar refractivity (Wildman–Crippen MR) is 151 cm³/mol. The second-order valence-electron chi connectivity index (χ2n) is 9.25. The third kappa shape index (κ3) is 7.80. The molecule has 0 spiro atoms. The van der Waals surface area contributed by atoms with Crippen molar-refractivity contribution in [3.63, 3.8) is 0 Å². The number of nitrogens with one attached hydrogen (secondary N) is 1. The average Bonchev–Trinajstić information content (AvgIpc) is 2.93. The van der Waals surface area contributed by atoms with Gasteiger partial charge in [-0.15, -0.1) is 0 Å². The van der Waals surface area contributed by atoms with Crippen LogP contribution < -0.4 is 9.62 Å². The van der Waals surface area contributed by atoms with E-state index >= 15 is 0 Å². The minimum atomic E-state index is -4.25. The van der Waals surface area contributed by atoms with Crippen LogP contribution in [0.2, 0.25) is 5.02 Å². The van der Waals surface area contributed by atoms with E-state index in [-0.39, 0.29) is 28.1 Å². The molecule has 39 heavy (non-hydrogen) atoms. The molecule has 0 aliphatic rings. The van der Waals surface area contributed by atoms with Crippen molar-refractivity contribution in [2.45, 2.75) is 51.1 Å². The molecule has 2 amide bonds. The smallest absolute Gasteiger partial charge is 0.264 e. The number of benzene rings is 3. The van der Waals surface area contributed by atoms with E-state index in [1.165, 1.54) is 23.1 Å². The topological polar surface area (TPSA) is 86.8 Å². The van der Waals surface area contributed by atoms with E-state index in [4.69, 9.17) is 11.6 Å². The first-order valence-corrected chi connectivity index (χ1v) is 14.5. The maximum absolute atomic E-state index is 13.9. The Balaban J connectivity index is 2.00.